The summed E-state index contributed by atoms with van der Waals surface area (Å²) in [4.78, 5) is 45.6. The van der Waals surface area contributed by atoms with Crippen molar-refractivity contribution in [3.8, 4) is 0 Å². The minimum absolute atomic E-state index is 0.0718. The van der Waals surface area contributed by atoms with Crippen molar-refractivity contribution < 1.29 is 23.9 Å². The SMILES string of the molecule is CN(C)C(=O)N1C[C@H]2CN(C(=O)c3cnc[nH]3)C[C@H]2[C@@H]1c1cccc(F)c1.O=CO. The number of nitrogens with zero attached hydrogens (tertiary/aromatic N) is 4. The van der Waals surface area contributed by atoms with Crippen molar-refractivity contribution in [2.24, 2.45) is 11.8 Å². The maximum absolute atomic E-state index is 13.9. The Kier molecular flexibility index (Phi) is 6.34. The lowest BCUT2D eigenvalue weighted by Gasteiger charge is -2.31. The van der Waals surface area contributed by atoms with Gasteiger partial charge in [-0.05, 0) is 17.7 Å². The number of amides is 3. The zero-order valence-electron chi connectivity index (χ0n) is 16.7. The Morgan fingerprint density at radius 1 is 1.30 bits per heavy atom. The standard InChI is InChI=1S/C19H22FN5O2.CH2O2/c1-23(2)19(27)25-9-13-8-24(18(26)16-7-21-11-22-16)10-15(13)17(25)12-4-3-5-14(20)6-12;2-1-3/h3-7,11,13,15,17H,8-10H2,1-2H3,(H,21,22);1H,(H,2,3)/t13-,15-,17+;/m1./s1. The lowest BCUT2D eigenvalue weighted by molar-refractivity contribution is -0.122. The molecule has 30 heavy (non-hydrogen) atoms. The van der Waals surface area contributed by atoms with Gasteiger partial charge >= 0.3 is 6.03 Å². The summed E-state index contributed by atoms with van der Waals surface area (Å²) in [6.45, 7) is 1.40. The van der Waals surface area contributed by atoms with Gasteiger partial charge in [0.15, 0.2) is 0 Å². The number of aromatic nitrogens is 2. The molecule has 3 heterocycles. The van der Waals surface area contributed by atoms with E-state index in [2.05, 4.69) is 9.97 Å². The summed E-state index contributed by atoms with van der Waals surface area (Å²) >= 11 is 0. The molecule has 0 saturated carbocycles. The fraction of sp³-hybridized carbons (Fsp3) is 0.400. The van der Waals surface area contributed by atoms with Crippen LogP contribution in [-0.2, 0) is 4.79 Å². The number of carboxylic acid groups (broad SMARTS) is 1. The molecule has 3 amide bonds. The van der Waals surface area contributed by atoms with E-state index in [1.807, 2.05) is 11.0 Å². The molecule has 2 aliphatic rings. The molecular weight excluding hydrogens is 393 g/mol. The monoisotopic (exact) mass is 417 g/mol. The number of hydrogen-bond donors (Lipinski definition) is 2. The van der Waals surface area contributed by atoms with E-state index in [9.17, 15) is 14.0 Å². The molecule has 0 bridgehead atoms. The molecule has 0 radical (unpaired) electrons. The molecule has 1 aromatic heterocycles. The van der Waals surface area contributed by atoms with Crippen LogP contribution in [0.3, 0.4) is 0 Å². The number of likely N-dealkylation sites (tertiary alicyclic amines) is 2. The zero-order valence-corrected chi connectivity index (χ0v) is 16.7. The molecule has 0 spiro atoms. The Hall–Kier alpha value is -3.43. The molecular formula is C20H24FN5O4. The summed E-state index contributed by atoms with van der Waals surface area (Å²) in [5.41, 5.74) is 1.23. The highest BCUT2D eigenvalue weighted by molar-refractivity contribution is 5.92. The predicted octanol–water partition coefficient (Wildman–Crippen LogP) is 1.68. The summed E-state index contributed by atoms with van der Waals surface area (Å²) < 4.78 is 13.9. The lowest BCUT2D eigenvalue weighted by atomic mass is 9.89. The van der Waals surface area contributed by atoms with Gasteiger partial charge in [0.1, 0.15) is 11.5 Å². The van der Waals surface area contributed by atoms with Crippen LogP contribution in [-0.4, -0.2) is 81.9 Å². The van der Waals surface area contributed by atoms with Crippen molar-refractivity contribution in [2.75, 3.05) is 33.7 Å². The minimum atomic E-state index is -0.323. The molecule has 2 saturated heterocycles. The third kappa shape index (κ3) is 4.12. The Bertz CT molecular complexity index is 904. The molecule has 0 aliphatic carbocycles. The summed E-state index contributed by atoms with van der Waals surface area (Å²) in [7, 11) is 3.43. The zero-order chi connectivity index (χ0) is 21.8. The third-order valence-corrected chi connectivity index (χ3v) is 5.50. The number of carbonyl (C=O) groups excluding carboxylic acids is 2. The van der Waals surface area contributed by atoms with Crippen LogP contribution in [0.15, 0.2) is 36.8 Å². The third-order valence-electron chi connectivity index (χ3n) is 5.50. The van der Waals surface area contributed by atoms with Gasteiger partial charge in [0.2, 0.25) is 0 Å². The van der Waals surface area contributed by atoms with Crippen molar-refractivity contribution in [3.05, 3.63) is 53.9 Å². The van der Waals surface area contributed by atoms with Crippen LogP contribution < -0.4 is 0 Å². The first-order chi connectivity index (χ1) is 14.4. The largest absolute Gasteiger partial charge is 0.483 e. The van der Waals surface area contributed by atoms with Gasteiger partial charge in [-0.2, -0.15) is 0 Å². The van der Waals surface area contributed by atoms with Gasteiger partial charge in [-0.3, -0.25) is 9.59 Å². The maximum atomic E-state index is 13.9. The first kappa shape index (κ1) is 21.3. The predicted molar refractivity (Wildman–Crippen MR) is 105 cm³/mol. The van der Waals surface area contributed by atoms with Crippen LogP contribution in [0.25, 0.3) is 0 Å². The Labute approximate surface area is 173 Å². The number of carbonyl (C=O) groups is 3. The summed E-state index contributed by atoms with van der Waals surface area (Å²) in [5, 5.41) is 6.89. The topological polar surface area (TPSA) is 110 Å². The number of imidazole rings is 1. The Morgan fingerprint density at radius 2 is 2.03 bits per heavy atom. The number of fused-ring (bicyclic) bond motifs is 1. The van der Waals surface area contributed by atoms with Crippen molar-refractivity contribution in [2.45, 2.75) is 6.04 Å². The molecule has 9 nitrogen and oxygen atoms in total. The van der Waals surface area contributed by atoms with Crippen LogP contribution in [0.1, 0.15) is 22.1 Å². The van der Waals surface area contributed by atoms with Crippen molar-refractivity contribution in [3.63, 3.8) is 0 Å². The Balaban J connectivity index is 0.000000806. The highest BCUT2D eigenvalue weighted by Crippen LogP contribution is 2.45. The second kappa shape index (κ2) is 8.93. The average molecular weight is 417 g/mol. The summed E-state index contributed by atoms with van der Waals surface area (Å²) in [5.74, 6) is -0.182. The van der Waals surface area contributed by atoms with E-state index in [0.717, 1.165) is 5.56 Å². The van der Waals surface area contributed by atoms with Crippen LogP contribution in [0.2, 0.25) is 0 Å². The van der Waals surface area contributed by atoms with E-state index in [0.29, 0.717) is 25.3 Å². The summed E-state index contributed by atoms with van der Waals surface area (Å²) in [6.07, 6.45) is 3.00. The molecule has 2 aliphatic heterocycles. The fourth-order valence-electron chi connectivity index (χ4n) is 4.33. The van der Waals surface area contributed by atoms with Crippen molar-refractivity contribution in [1.29, 1.82) is 0 Å². The average Bonchev–Trinajstić information content (AvgIpc) is 3.43. The molecule has 1 aromatic carbocycles. The van der Waals surface area contributed by atoms with Crippen LogP contribution in [0.5, 0.6) is 0 Å². The first-order valence-electron chi connectivity index (χ1n) is 9.46. The summed E-state index contributed by atoms with van der Waals surface area (Å²) in [6, 6.07) is 6.06. The van der Waals surface area contributed by atoms with Gasteiger partial charge < -0.3 is 24.8 Å². The molecule has 2 N–H and O–H groups in total. The quantitative estimate of drug-likeness (QED) is 0.723. The van der Waals surface area contributed by atoms with Crippen molar-refractivity contribution in [1.82, 2.24) is 24.7 Å². The lowest BCUT2D eigenvalue weighted by Crippen LogP contribution is -2.42. The van der Waals surface area contributed by atoms with Gasteiger partial charge in [-0.1, -0.05) is 12.1 Å². The first-order valence-corrected chi connectivity index (χ1v) is 9.46. The van der Waals surface area contributed by atoms with E-state index in [-0.39, 0.29) is 42.1 Å². The molecule has 10 heteroatoms. The normalized spacial score (nSPS) is 22.2. The minimum Gasteiger partial charge on any atom is -0.483 e. The number of H-pyrrole nitrogens is 1. The number of rotatable bonds is 2. The number of benzene rings is 1. The van der Waals surface area contributed by atoms with Crippen LogP contribution >= 0.6 is 0 Å². The van der Waals surface area contributed by atoms with Gasteiger partial charge in [-0.25, -0.2) is 14.2 Å². The van der Waals surface area contributed by atoms with E-state index in [1.54, 1.807) is 30.0 Å². The highest BCUT2D eigenvalue weighted by atomic mass is 19.1. The second-order valence-electron chi connectivity index (χ2n) is 7.53. The molecule has 0 unspecified atom stereocenters. The number of nitrogens with one attached hydrogen (secondary N) is 1. The van der Waals surface area contributed by atoms with Gasteiger partial charge in [0.25, 0.3) is 12.4 Å². The molecule has 4 rings (SSSR count). The highest BCUT2D eigenvalue weighted by Gasteiger charge is 2.50. The number of aromatic amines is 1. The van der Waals surface area contributed by atoms with Crippen LogP contribution in [0, 0.1) is 17.7 Å². The van der Waals surface area contributed by atoms with E-state index < -0.39 is 0 Å². The molecule has 3 atom stereocenters. The van der Waals surface area contributed by atoms with Gasteiger partial charge in [0, 0.05) is 45.6 Å². The van der Waals surface area contributed by atoms with E-state index >= 15 is 0 Å². The van der Waals surface area contributed by atoms with Gasteiger partial charge in [-0.15, -0.1) is 0 Å². The van der Waals surface area contributed by atoms with E-state index in [1.165, 1.54) is 24.7 Å². The maximum Gasteiger partial charge on any atom is 0.320 e. The van der Waals surface area contributed by atoms with Crippen LogP contribution in [0.4, 0.5) is 9.18 Å². The Morgan fingerprint density at radius 3 is 2.63 bits per heavy atom. The second-order valence-corrected chi connectivity index (χ2v) is 7.53. The number of halogens is 1. The number of hydrogen-bond acceptors (Lipinski definition) is 4. The fourth-order valence-corrected chi connectivity index (χ4v) is 4.33. The van der Waals surface area contributed by atoms with Crippen molar-refractivity contribution >= 4 is 18.4 Å². The molecule has 2 aromatic rings. The smallest absolute Gasteiger partial charge is 0.320 e. The van der Waals surface area contributed by atoms with E-state index in [4.69, 9.17) is 9.90 Å². The number of urea groups is 1. The molecule has 160 valence electrons. The molecule has 2 fully saturated rings. The van der Waals surface area contributed by atoms with Gasteiger partial charge in [0.05, 0.1) is 18.6 Å².